The first-order chi connectivity index (χ1) is 11.5. The van der Waals surface area contributed by atoms with Gasteiger partial charge in [0, 0.05) is 0 Å². The Morgan fingerprint density at radius 1 is 0.833 bits per heavy atom. The fourth-order valence-corrected chi connectivity index (χ4v) is 2.17. The van der Waals surface area contributed by atoms with Gasteiger partial charge in [-0.05, 0) is 12.8 Å². The van der Waals surface area contributed by atoms with Crippen LogP contribution < -0.4 is 0 Å². The van der Waals surface area contributed by atoms with Crippen LogP contribution in [0.3, 0.4) is 0 Å². The molecular weight excluding hydrogens is 308 g/mol. The standard InChI is InChI=1S/C19H34O5/c1-4-6-8-10-12-14-23-18(21)16(3)17(20)19(22)24-15-13-11-9-7-5-2/h17,20H,3-15H2,1-2H3. The summed E-state index contributed by atoms with van der Waals surface area (Å²) in [4.78, 5) is 23.4. The lowest BCUT2D eigenvalue weighted by molar-refractivity contribution is -0.154. The fourth-order valence-electron chi connectivity index (χ4n) is 2.17. The van der Waals surface area contributed by atoms with E-state index in [9.17, 15) is 14.7 Å². The molecule has 0 bridgehead atoms. The number of carbonyl (C=O) groups excluding carboxylic acids is 2. The van der Waals surface area contributed by atoms with Crippen LogP contribution >= 0.6 is 0 Å². The molecule has 1 unspecified atom stereocenters. The van der Waals surface area contributed by atoms with Crippen LogP contribution in [0.15, 0.2) is 12.2 Å². The summed E-state index contributed by atoms with van der Waals surface area (Å²) in [6.45, 7) is 8.24. The Kier molecular flexibility index (Phi) is 14.3. The number of hydrogen-bond acceptors (Lipinski definition) is 5. The molecule has 0 aromatic rings. The highest BCUT2D eigenvalue weighted by Gasteiger charge is 2.26. The number of rotatable bonds is 15. The predicted octanol–water partition coefficient (Wildman–Crippen LogP) is 3.93. The molecule has 0 heterocycles. The average molecular weight is 342 g/mol. The lowest BCUT2D eigenvalue weighted by atomic mass is 10.1. The summed E-state index contributed by atoms with van der Waals surface area (Å²) in [5.74, 6) is -1.58. The maximum absolute atomic E-state index is 11.7. The number of carbonyl (C=O) groups is 2. The van der Waals surface area contributed by atoms with Gasteiger partial charge in [-0.2, -0.15) is 0 Å². The Morgan fingerprint density at radius 2 is 1.29 bits per heavy atom. The van der Waals surface area contributed by atoms with Crippen molar-refractivity contribution in [1.29, 1.82) is 0 Å². The molecule has 0 aromatic heterocycles. The summed E-state index contributed by atoms with van der Waals surface area (Å²) in [6, 6.07) is 0. The lowest BCUT2D eigenvalue weighted by Crippen LogP contribution is -2.29. The number of esters is 2. The molecule has 0 amide bonds. The number of aliphatic hydroxyl groups is 1. The summed E-state index contributed by atoms with van der Waals surface area (Å²) >= 11 is 0. The first-order valence-electron chi connectivity index (χ1n) is 9.25. The molecule has 0 aromatic carbocycles. The highest BCUT2D eigenvalue weighted by atomic mass is 16.6. The zero-order chi connectivity index (χ0) is 18.2. The van der Waals surface area contributed by atoms with Crippen molar-refractivity contribution >= 4 is 11.9 Å². The fraction of sp³-hybridized carbons (Fsp3) is 0.789. The third kappa shape index (κ3) is 11.2. The molecule has 0 fully saturated rings. The average Bonchev–Trinajstić information content (AvgIpc) is 2.59. The Hall–Kier alpha value is -1.36. The molecular formula is C19H34O5. The van der Waals surface area contributed by atoms with Gasteiger partial charge >= 0.3 is 11.9 Å². The summed E-state index contributed by atoms with van der Waals surface area (Å²) in [6.07, 6.45) is 8.73. The predicted molar refractivity (Wildman–Crippen MR) is 94.6 cm³/mol. The van der Waals surface area contributed by atoms with E-state index in [1.165, 1.54) is 6.42 Å². The van der Waals surface area contributed by atoms with Gasteiger partial charge in [0.1, 0.15) is 0 Å². The molecule has 1 N–H and O–H groups in total. The van der Waals surface area contributed by atoms with Crippen molar-refractivity contribution in [3.05, 3.63) is 12.2 Å². The van der Waals surface area contributed by atoms with Crippen LogP contribution in [0.25, 0.3) is 0 Å². The van der Waals surface area contributed by atoms with E-state index in [-0.39, 0.29) is 18.8 Å². The molecule has 0 aliphatic heterocycles. The summed E-state index contributed by atoms with van der Waals surface area (Å²) in [5, 5.41) is 9.80. The second kappa shape index (κ2) is 15.2. The zero-order valence-corrected chi connectivity index (χ0v) is 15.3. The first-order valence-corrected chi connectivity index (χ1v) is 9.25. The number of hydrogen-bond donors (Lipinski definition) is 1. The highest BCUT2D eigenvalue weighted by molar-refractivity contribution is 5.96. The van der Waals surface area contributed by atoms with Crippen LogP contribution in [-0.4, -0.2) is 36.4 Å². The van der Waals surface area contributed by atoms with Crippen molar-refractivity contribution in [3.63, 3.8) is 0 Å². The van der Waals surface area contributed by atoms with Gasteiger partial charge in [-0.3, -0.25) is 0 Å². The van der Waals surface area contributed by atoms with Crippen molar-refractivity contribution in [1.82, 2.24) is 0 Å². The van der Waals surface area contributed by atoms with Gasteiger partial charge in [0.05, 0.1) is 18.8 Å². The number of unbranched alkanes of at least 4 members (excludes halogenated alkanes) is 8. The van der Waals surface area contributed by atoms with Gasteiger partial charge in [0.25, 0.3) is 0 Å². The summed E-state index contributed by atoms with van der Waals surface area (Å²) in [5.41, 5.74) is -0.264. The molecule has 0 aliphatic carbocycles. The Balaban J connectivity index is 3.85. The smallest absolute Gasteiger partial charge is 0.339 e. The molecule has 0 aliphatic rings. The van der Waals surface area contributed by atoms with E-state index in [4.69, 9.17) is 9.47 Å². The van der Waals surface area contributed by atoms with Crippen LogP contribution in [0.4, 0.5) is 0 Å². The molecule has 140 valence electrons. The monoisotopic (exact) mass is 342 g/mol. The second-order valence-electron chi connectivity index (χ2n) is 6.06. The molecule has 0 radical (unpaired) electrons. The lowest BCUT2D eigenvalue weighted by Gasteiger charge is -2.13. The first kappa shape index (κ1) is 22.6. The van der Waals surface area contributed by atoms with E-state index in [1.807, 2.05) is 0 Å². The van der Waals surface area contributed by atoms with Crippen molar-refractivity contribution in [2.75, 3.05) is 13.2 Å². The van der Waals surface area contributed by atoms with Crippen molar-refractivity contribution < 1.29 is 24.2 Å². The van der Waals surface area contributed by atoms with Crippen molar-refractivity contribution in [3.8, 4) is 0 Å². The van der Waals surface area contributed by atoms with Gasteiger partial charge in [0.15, 0.2) is 6.10 Å². The summed E-state index contributed by atoms with van der Waals surface area (Å²) in [7, 11) is 0. The van der Waals surface area contributed by atoms with E-state index in [0.29, 0.717) is 0 Å². The Bertz CT molecular complexity index is 365. The SMILES string of the molecule is C=C(C(=O)OCCCCCCC)C(O)C(=O)OCCCCCCC. The van der Waals surface area contributed by atoms with E-state index < -0.39 is 18.0 Å². The maximum Gasteiger partial charge on any atom is 0.339 e. The topological polar surface area (TPSA) is 72.8 Å². The highest BCUT2D eigenvalue weighted by Crippen LogP contribution is 2.08. The Labute approximate surface area is 146 Å². The minimum atomic E-state index is -1.65. The molecule has 24 heavy (non-hydrogen) atoms. The van der Waals surface area contributed by atoms with Gasteiger partial charge in [-0.15, -0.1) is 0 Å². The molecule has 0 rings (SSSR count). The number of ether oxygens (including phenoxy) is 2. The van der Waals surface area contributed by atoms with Crippen molar-refractivity contribution in [2.24, 2.45) is 0 Å². The van der Waals surface area contributed by atoms with Crippen LogP contribution in [-0.2, 0) is 19.1 Å². The molecule has 0 saturated heterocycles. The molecule has 5 nitrogen and oxygen atoms in total. The van der Waals surface area contributed by atoms with E-state index >= 15 is 0 Å². The minimum absolute atomic E-state index is 0.249. The molecule has 0 saturated carbocycles. The molecule has 5 heteroatoms. The largest absolute Gasteiger partial charge is 0.464 e. The van der Waals surface area contributed by atoms with Gasteiger partial charge < -0.3 is 14.6 Å². The molecule has 1 atom stereocenters. The quantitative estimate of drug-likeness (QED) is 0.277. The van der Waals surface area contributed by atoms with Crippen LogP contribution in [0, 0.1) is 0 Å². The van der Waals surface area contributed by atoms with Crippen LogP contribution in [0.5, 0.6) is 0 Å². The normalized spacial score (nSPS) is 11.8. The maximum atomic E-state index is 11.7. The van der Waals surface area contributed by atoms with Gasteiger partial charge in [-0.25, -0.2) is 9.59 Å². The van der Waals surface area contributed by atoms with Gasteiger partial charge in [-0.1, -0.05) is 71.8 Å². The molecule has 0 spiro atoms. The number of aliphatic hydroxyl groups excluding tert-OH is 1. The second-order valence-corrected chi connectivity index (χ2v) is 6.06. The third-order valence-electron chi connectivity index (χ3n) is 3.79. The Morgan fingerprint density at radius 3 is 1.79 bits per heavy atom. The third-order valence-corrected chi connectivity index (χ3v) is 3.79. The van der Waals surface area contributed by atoms with Crippen LogP contribution in [0.1, 0.15) is 78.1 Å². The zero-order valence-electron chi connectivity index (χ0n) is 15.3. The van der Waals surface area contributed by atoms with Gasteiger partial charge in [0.2, 0.25) is 0 Å². The van der Waals surface area contributed by atoms with E-state index in [0.717, 1.165) is 57.8 Å². The minimum Gasteiger partial charge on any atom is -0.464 e. The van der Waals surface area contributed by atoms with E-state index in [1.54, 1.807) is 0 Å². The summed E-state index contributed by atoms with van der Waals surface area (Å²) < 4.78 is 9.99. The van der Waals surface area contributed by atoms with Crippen LogP contribution in [0.2, 0.25) is 0 Å². The van der Waals surface area contributed by atoms with E-state index in [2.05, 4.69) is 20.4 Å². The van der Waals surface area contributed by atoms with Crippen molar-refractivity contribution in [2.45, 2.75) is 84.2 Å².